The number of benzene rings is 2. The molecule has 0 heterocycles. The van der Waals surface area contributed by atoms with Gasteiger partial charge in [-0.3, -0.25) is 0 Å². The van der Waals surface area contributed by atoms with E-state index in [9.17, 15) is 0 Å². The fourth-order valence-corrected chi connectivity index (χ4v) is 2.42. The highest BCUT2D eigenvalue weighted by Crippen LogP contribution is 2.27. The first kappa shape index (κ1) is 14.8. The molecule has 0 bridgehead atoms. The zero-order chi connectivity index (χ0) is 14.4. The smallest absolute Gasteiger partial charge is 0.0443 e. The molecular formula is C18H20ClN. The average Bonchev–Trinajstić information content (AvgIpc) is 2.47. The van der Waals surface area contributed by atoms with E-state index in [2.05, 4.69) is 55.2 Å². The molecule has 0 spiro atoms. The molecule has 1 nitrogen and oxygen atoms in total. The molecule has 2 rings (SSSR count). The van der Waals surface area contributed by atoms with Gasteiger partial charge in [0.1, 0.15) is 0 Å². The second-order valence-electron chi connectivity index (χ2n) is 5.17. The Labute approximate surface area is 126 Å². The standard InChI is InChI=1S/C18H20ClN/c1-3-13-18(2,16-9-11-17(19)12-10-16)20-14-15-7-5-4-6-8-15/h3-12,20H,1,13-14H2,2H3. The van der Waals surface area contributed by atoms with Crippen LogP contribution >= 0.6 is 11.6 Å². The van der Waals surface area contributed by atoms with Crippen molar-refractivity contribution >= 4 is 11.6 Å². The number of hydrogen-bond acceptors (Lipinski definition) is 1. The highest BCUT2D eigenvalue weighted by molar-refractivity contribution is 6.30. The normalized spacial score (nSPS) is 13.7. The van der Waals surface area contributed by atoms with E-state index >= 15 is 0 Å². The molecule has 0 aliphatic rings. The highest BCUT2D eigenvalue weighted by atomic mass is 35.5. The summed E-state index contributed by atoms with van der Waals surface area (Å²) >= 11 is 5.97. The van der Waals surface area contributed by atoms with Gasteiger partial charge in [-0.25, -0.2) is 0 Å². The summed E-state index contributed by atoms with van der Waals surface area (Å²) in [7, 11) is 0. The molecule has 0 radical (unpaired) electrons. The molecule has 0 aliphatic heterocycles. The first-order chi connectivity index (χ1) is 9.64. The van der Waals surface area contributed by atoms with E-state index in [1.807, 2.05) is 24.3 Å². The molecule has 0 saturated heterocycles. The van der Waals surface area contributed by atoms with Crippen LogP contribution in [0, 0.1) is 0 Å². The molecule has 20 heavy (non-hydrogen) atoms. The molecule has 1 atom stereocenters. The van der Waals surface area contributed by atoms with Crippen LogP contribution in [0.25, 0.3) is 0 Å². The van der Waals surface area contributed by atoms with Crippen molar-refractivity contribution < 1.29 is 0 Å². The zero-order valence-corrected chi connectivity index (χ0v) is 12.5. The third-order valence-electron chi connectivity index (χ3n) is 3.56. The summed E-state index contributed by atoms with van der Waals surface area (Å²) in [5.74, 6) is 0. The van der Waals surface area contributed by atoms with Crippen LogP contribution in [-0.4, -0.2) is 0 Å². The minimum absolute atomic E-state index is 0.137. The second kappa shape index (κ2) is 6.74. The highest BCUT2D eigenvalue weighted by Gasteiger charge is 2.24. The second-order valence-corrected chi connectivity index (χ2v) is 5.61. The molecule has 0 fully saturated rings. The molecule has 1 N–H and O–H groups in total. The van der Waals surface area contributed by atoms with E-state index < -0.39 is 0 Å². The lowest BCUT2D eigenvalue weighted by Gasteiger charge is -2.31. The third kappa shape index (κ3) is 3.72. The Morgan fingerprint density at radius 1 is 1.10 bits per heavy atom. The molecule has 0 aliphatic carbocycles. The van der Waals surface area contributed by atoms with Gasteiger partial charge in [0.05, 0.1) is 0 Å². The number of halogens is 1. The van der Waals surface area contributed by atoms with Gasteiger partial charge in [0, 0.05) is 17.1 Å². The summed E-state index contributed by atoms with van der Waals surface area (Å²) in [4.78, 5) is 0. The first-order valence-corrected chi connectivity index (χ1v) is 7.18. The quantitative estimate of drug-likeness (QED) is 0.743. The first-order valence-electron chi connectivity index (χ1n) is 6.80. The lowest BCUT2D eigenvalue weighted by atomic mass is 9.88. The van der Waals surface area contributed by atoms with Gasteiger partial charge in [-0.15, -0.1) is 6.58 Å². The van der Waals surface area contributed by atoms with Gasteiger partial charge in [-0.05, 0) is 36.6 Å². The Morgan fingerprint density at radius 3 is 2.35 bits per heavy atom. The average molecular weight is 286 g/mol. The largest absolute Gasteiger partial charge is 0.303 e. The van der Waals surface area contributed by atoms with Crippen molar-refractivity contribution in [3.05, 3.63) is 83.4 Å². The Hall–Kier alpha value is -1.57. The van der Waals surface area contributed by atoms with E-state index in [4.69, 9.17) is 11.6 Å². The van der Waals surface area contributed by atoms with Crippen LogP contribution < -0.4 is 5.32 Å². The van der Waals surface area contributed by atoms with Gasteiger partial charge in [0.2, 0.25) is 0 Å². The Morgan fingerprint density at radius 2 is 1.75 bits per heavy atom. The van der Waals surface area contributed by atoms with Gasteiger partial charge >= 0.3 is 0 Å². The molecule has 0 saturated carbocycles. The summed E-state index contributed by atoms with van der Waals surface area (Å²) in [5, 5.41) is 4.40. The number of rotatable bonds is 6. The molecule has 0 aromatic heterocycles. The van der Waals surface area contributed by atoms with E-state index in [1.54, 1.807) is 0 Å². The van der Waals surface area contributed by atoms with Crippen LogP contribution in [0.2, 0.25) is 5.02 Å². The van der Waals surface area contributed by atoms with Gasteiger partial charge in [0.25, 0.3) is 0 Å². The minimum atomic E-state index is -0.137. The van der Waals surface area contributed by atoms with Crippen molar-refractivity contribution in [2.75, 3.05) is 0 Å². The summed E-state index contributed by atoms with van der Waals surface area (Å²) in [6.45, 7) is 6.90. The summed E-state index contributed by atoms with van der Waals surface area (Å²) in [6, 6.07) is 18.4. The fraction of sp³-hybridized carbons (Fsp3) is 0.222. The van der Waals surface area contributed by atoms with Crippen molar-refractivity contribution in [1.29, 1.82) is 0 Å². The van der Waals surface area contributed by atoms with Crippen molar-refractivity contribution in [2.24, 2.45) is 0 Å². The predicted molar refractivity (Wildman–Crippen MR) is 86.9 cm³/mol. The number of hydrogen-bond donors (Lipinski definition) is 1. The molecule has 104 valence electrons. The molecule has 2 heteroatoms. The molecule has 0 amide bonds. The van der Waals surface area contributed by atoms with Gasteiger partial charge in [-0.1, -0.05) is 60.1 Å². The van der Waals surface area contributed by atoms with Crippen molar-refractivity contribution in [1.82, 2.24) is 5.32 Å². The zero-order valence-electron chi connectivity index (χ0n) is 11.8. The van der Waals surface area contributed by atoms with Crippen molar-refractivity contribution in [2.45, 2.75) is 25.4 Å². The Kier molecular flexibility index (Phi) is 4.99. The summed E-state index contributed by atoms with van der Waals surface area (Å²) < 4.78 is 0. The monoisotopic (exact) mass is 285 g/mol. The van der Waals surface area contributed by atoms with Gasteiger partial charge in [-0.2, -0.15) is 0 Å². The fourth-order valence-electron chi connectivity index (χ4n) is 2.29. The lowest BCUT2D eigenvalue weighted by molar-refractivity contribution is 0.367. The van der Waals surface area contributed by atoms with Crippen LogP contribution in [0.1, 0.15) is 24.5 Å². The van der Waals surface area contributed by atoms with Crippen LogP contribution in [0.4, 0.5) is 0 Å². The lowest BCUT2D eigenvalue weighted by Crippen LogP contribution is -2.38. The van der Waals surface area contributed by atoms with Crippen LogP contribution in [0.15, 0.2) is 67.3 Å². The molecular weight excluding hydrogens is 266 g/mol. The van der Waals surface area contributed by atoms with Gasteiger partial charge < -0.3 is 5.32 Å². The van der Waals surface area contributed by atoms with Crippen LogP contribution in [0.5, 0.6) is 0 Å². The maximum atomic E-state index is 5.97. The maximum Gasteiger partial charge on any atom is 0.0443 e. The van der Waals surface area contributed by atoms with E-state index in [0.717, 1.165) is 18.0 Å². The van der Waals surface area contributed by atoms with E-state index in [0.29, 0.717) is 0 Å². The van der Waals surface area contributed by atoms with Crippen LogP contribution in [-0.2, 0) is 12.1 Å². The van der Waals surface area contributed by atoms with E-state index in [1.165, 1.54) is 11.1 Å². The maximum absolute atomic E-state index is 5.97. The topological polar surface area (TPSA) is 12.0 Å². The van der Waals surface area contributed by atoms with Crippen molar-refractivity contribution in [3.63, 3.8) is 0 Å². The summed E-state index contributed by atoms with van der Waals surface area (Å²) in [6.07, 6.45) is 2.81. The third-order valence-corrected chi connectivity index (χ3v) is 3.81. The van der Waals surface area contributed by atoms with Crippen molar-refractivity contribution in [3.8, 4) is 0 Å². The molecule has 2 aromatic carbocycles. The molecule has 1 unspecified atom stereocenters. The number of nitrogens with one attached hydrogen (secondary N) is 1. The Bertz CT molecular complexity index is 547. The Balaban J connectivity index is 2.16. The van der Waals surface area contributed by atoms with Crippen LogP contribution in [0.3, 0.4) is 0 Å². The SMILES string of the molecule is C=CCC(C)(NCc1ccccc1)c1ccc(Cl)cc1. The minimum Gasteiger partial charge on any atom is -0.303 e. The summed E-state index contributed by atoms with van der Waals surface area (Å²) in [5.41, 5.74) is 2.36. The predicted octanol–water partition coefficient (Wildman–Crippen LogP) is 4.92. The molecule has 2 aromatic rings. The van der Waals surface area contributed by atoms with Gasteiger partial charge in [0.15, 0.2) is 0 Å². The van der Waals surface area contributed by atoms with E-state index in [-0.39, 0.29) is 5.54 Å².